The molecule has 124 valence electrons. The number of pyridine rings is 1. The summed E-state index contributed by atoms with van der Waals surface area (Å²) in [5.41, 5.74) is 2.14. The molecule has 1 aliphatic heterocycles. The average Bonchev–Trinajstić information content (AvgIpc) is 3.24. The van der Waals surface area contributed by atoms with Crippen LogP contribution in [0.4, 0.5) is 0 Å². The van der Waals surface area contributed by atoms with Gasteiger partial charge in [0.15, 0.2) is 11.5 Å². The van der Waals surface area contributed by atoms with Gasteiger partial charge in [0.05, 0.1) is 11.6 Å². The quantitative estimate of drug-likeness (QED) is 0.793. The highest BCUT2D eigenvalue weighted by Gasteiger charge is 2.18. The third kappa shape index (κ3) is 2.52. The van der Waals surface area contributed by atoms with Crippen molar-refractivity contribution in [2.45, 2.75) is 19.5 Å². The van der Waals surface area contributed by atoms with Crippen molar-refractivity contribution in [1.29, 1.82) is 0 Å². The van der Waals surface area contributed by atoms with Gasteiger partial charge in [-0.1, -0.05) is 5.16 Å². The number of hydrogen-bond acceptors (Lipinski definition) is 6. The van der Waals surface area contributed by atoms with E-state index in [-0.39, 0.29) is 18.4 Å². The monoisotopic (exact) mass is 327 g/mol. The van der Waals surface area contributed by atoms with E-state index in [9.17, 15) is 4.79 Å². The zero-order valence-corrected chi connectivity index (χ0v) is 13.4. The van der Waals surface area contributed by atoms with Crippen molar-refractivity contribution in [1.82, 2.24) is 15.0 Å². The van der Waals surface area contributed by atoms with Gasteiger partial charge in [0.2, 0.25) is 6.79 Å². The average molecular weight is 327 g/mol. The number of nitrogens with zero attached hydrogens (tertiary/aromatic N) is 2. The zero-order valence-electron chi connectivity index (χ0n) is 13.4. The molecule has 0 aliphatic carbocycles. The molecule has 0 saturated carbocycles. The topological polar surface area (TPSA) is 80.6 Å². The predicted molar refractivity (Wildman–Crippen MR) is 87.1 cm³/mol. The summed E-state index contributed by atoms with van der Waals surface area (Å²) in [6.07, 6.45) is 1.55. The molecule has 0 amide bonds. The maximum Gasteiger partial charge on any atom is 0.252 e. The lowest BCUT2D eigenvalue weighted by Gasteiger charge is -2.22. The Kier molecular flexibility index (Phi) is 3.50. The van der Waals surface area contributed by atoms with Crippen LogP contribution in [0, 0.1) is 0 Å². The fourth-order valence-corrected chi connectivity index (χ4v) is 2.83. The number of fused-ring (bicyclic) bond motifs is 2. The molecule has 1 aliphatic rings. The molecule has 3 aromatic rings. The minimum Gasteiger partial charge on any atom is -0.454 e. The number of H-pyrrole nitrogens is 1. The minimum absolute atomic E-state index is 0.0376. The largest absolute Gasteiger partial charge is 0.454 e. The van der Waals surface area contributed by atoms with Crippen LogP contribution in [0.1, 0.15) is 24.2 Å². The van der Waals surface area contributed by atoms with Crippen LogP contribution in [0.25, 0.3) is 10.9 Å². The van der Waals surface area contributed by atoms with Crippen LogP contribution in [0.3, 0.4) is 0 Å². The standard InChI is InChI=1S/C17H17N3O4/c1-10(13-3-4-24-19-13)20(2)8-12-5-11-6-15-16(23-9-22-15)7-14(11)18-17(12)21/h3-7,10H,8-9H2,1-2H3,(H,18,21)/t10-/m1/s1. The first kappa shape index (κ1) is 14.8. The summed E-state index contributed by atoms with van der Waals surface area (Å²) in [6, 6.07) is 7.44. The maximum absolute atomic E-state index is 12.4. The summed E-state index contributed by atoms with van der Waals surface area (Å²) in [7, 11) is 1.95. The van der Waals surface area contributed by atoms with Crippen LogP contribution in [-0.2, 0) is 6.54 Å². The maximum atomic E-state index is 12.4. The van der Waals surface area contributed by atoms with Gasteiger partial charge in [0, 0.05) is 29.6 Å². The predicted octanol–water partition coefficient (Wildman–Crippen LogP) is 2.44. The Hall–Kier alpha value is -2.80. The highest BCUT2D eigenvalue weighted by molar-refractivity contribution is 5.83. The number of aromatic amines is 1. The van der Waals surface area contributed by atoms with E-state index in [0.717, 1.165) is 16.6 Å². The van der Waals surface area contributed by atoms with E-state index in [1.807, 2.05) is 37.1 Å². The van der Waals surface area contributed by atoms with Gasteiger partial charge in [-0.15, -0.1) is 0 Å². The van der Waals surface area contributed by atoms with Crippen LogP contribution < -0.4 is 15.0 Å². The summed E-state index contributed by atoms with van der Waals surface area (Å²) < 4.78 is 15.6. The summed E-state index contributed by atoms with van der Waals surface area (Å²) in [5.74, 6) is 1.35. The Labute approximate surface area is 137 Å². The zero-order chi connectivity index (χ0) is 16.7. The van der Waals surface area contributed by atoms with Gasteiger partial charge in [-0.25, -0.2) is 0 Å². The Bertz CT molecular complexity index is 933. The van der Waals surface area contributed by atoms with Gasteiger partial charge in [0.1, 0.15) is 12.0 Å². The molecule has 2 aromatic heterocycles. The van der Waals surface area contributed by atoms with Gasteiger partial charge >= 0.3 is 0 Å². The summed E-state index contributed by atoms with van der Waals surface area (Å²) in [5, 5.41) is 4.87. The first-order valence-corrected chi connectivity index (χ1v) is 7.68. The Morgan fingerprint density at radius 2 is 2.08 bits per heavy atom. The second-order valence-corrected chi connectivity index (χ2v) is 5.93. The number of hydrogen-bond donors (Lipinski definition) is 1. The van der Waals surface area contributed by atoms with E-state index in [1.165, 1.54) is 0 Å². The molecule has 0 radical (unpaired) electrons. The van der Waals surface area contributed by atoms with Crippen molar-refractivity contribution in [2.24, 2.45) is 0 Å². The number of rotatable bonds is 4. The number of benzene rings is 1. The van der Waals surface area contributed by atoms with E-state index in [0.29, 0.717) is 23.6 Å². The fourth-order valence-electron chi connectivity index (χ4n) is 2.83. The van der Waals surface area contributed by atoms with Crippen molar-refractivity contribution in [3.05, 3.63) is 52.1 Å². The highest BCUT2D eigenvalue weighted by atomic mass is 16.7. The molecule has 0 saturated heterocycles. The third-order valence-corrected chi connectivity index (χ3v) is 4.38. The molecule has 0 spiro atoms. The van der Waals surface area contributed by atoms with E-state index in [2.05, 4.69) is 10.1 Å². The van der Waals surface area contributed by atoms with Crippen molar-refractivity contribution < 1.29 is 14.0 Å². The van der Waals surface area contributed by atoms with Gasteiger partial charge in [-0.3, -0.25) is 9.69 Å². The van der Waals surface area contributed by atoms with E-state index in [1.54, 1.807) is 12.3 Å². The fraction of sp³-hybridized carbons (Fsp3) is 0.294. The van der Waals surface area contributed by atoms with E-state index >= 15 is 0 Å². The SMILES string of the molecule is C[C@H](c1ccon1)N(C)Cc1cc2cc3c(cc2[nH]c1=O)OCO3. The molecular weight excluding hydrogens is 310 g/mol. The normalized spacial score (nSPS) is 14.5. The number of nitrogens with one attached hydrogen (secondary N) is 1. The molecule has 7 heteroatoms. The first-order valence-electron chi connectivity index (χ1n) is 7.68. The van der Waals surface area contributed by atoms with Crippen LogP contribution in [0.5, 0.6) is 11.5 Å². The van der Waals surface area contributed by atoms with Gasteiger partial charge in [0.25, 0.3) is 5.56 Å². The molecule has 1 aromatic carbocycles. The molecule has 0 bridgehead atoms. The lowest BCUT2D eigenvalue weighted by Crippen LogP contribution is -2.26. The molecular formula is C17H17N3O4. The van der Waals surface area contributed by atoms with Gasteiger partial charge < -0.3 is 19.0 Å². The second kappa shape index (κ2) is 5.68. The third-order valence-electron chi connectivity index (χ3n) is 4.38. The molecule has 1 N–H and O–H groups in total. The lowest BCUT2D eigenvalue weighted by atomic mass is 10.1. The van der Waals surface area contributed by atoms with Crippen LogP contribution in [0.15, 0.2) is 39.8 Å². The minimum atomic E-state index is -0.111. The molecule has 24 heavy (non-hydrogen) atoms. The van der Waals surface area contributed by atoms with Crippen molar-refractivity contribution in [3.63, 3.8) is 0 Å². The highest BCUT2D eigenvalue weighted by Crippen LogP contribution is 2.35. The molecule has 0 unspecified atom stereocenters. The number of aromatic nitrogens is 2. The number of ether oxygens (including phenoxy) is 2. The lowest BCUT2D eigenvalue weighted by molar-refractivity contribution is 0.174. The molecule has 7 nitrogen and oxygen atoms in total. The van der Waals surface area contributed by atoms with Crippen LogP contribution >= 0.6 is 0 Å². The Morgan fingerprint density at radius 3 is 2.83 bits per heavy atom. The van der Waals surface area contributed by atoms with Crippen LogP contribution in [0.2, 0.25) is 0 Å². The van der Waals surface area contributed by atoms with Gasteiger partial charge in [-0.2, -0.15) is 0 Å². The molecule has 0 fully saturated rings. The summed E-state index contributed by atoms with van der Waals surface area (Å²) in [6.45, 7) is 2.72. The first-order chi connectivity index (χ1) is 11.6. The van der Waals surface area contributed by atoms with Crippen molar-refractivity contribution in [2.75, 3.05) is 13.8 Å². The van der Waals surface area contributed by atoms with E-state index < -0.39 is 0 Å². The van der Waals surface area contributed by atoms with Crippen molar-refractivity contribution in [3.8, 4) is 11.5 Å². The molecule has 4 rings (SSSR count). The Morgan fingerprint density at radius 1 is 1.29 bits per heavy atom. The second-order valence-electron chi connectivity index (χ2n) is 5.93. The van der Waals surface area contributed by atoms with Gasteiger partial charge in [-0.05, 0) is 26.1 Å². The molecule has 3 heterocycles. The summed E-state index contributed by atoms with van der Waals surface area (Å²) >= 11 is 0. The Balaban J connectivity index is 1.65. The summed E-state index contributed by atoms with van der Waals surface area (Å²) in [4.78, 5) is 17.3. The van der Waals surface area contributed by atoms with E-state index in [4.69, 9.17) is 14.0 Å². The smallest absolute Gasteiger partial charge is 0.252 e. The van der Waals surface area contributed by atoms with Crippen molar-refractivity contribution >= 4 is 10.9 Å². The molecule has 1 atom stereocenters. The van der Waals surface area contributed by atoms with Crippen LogP contribution in [-0.4, -0.2) is 28.9 Å².